The Kier molecular flexibility index (Phi) is 6.07. The van der Waals surface area contributed by atoms with E-state index in [0.29, 0.717) is 13.0 Å². The quantitative estimate of drug-likeness (QED) is 0.720. The van der Waals surface area contributed by atoms with Gasteiger partial charge < -0.3 is 10.4 Å². The highest BCUT2D eigenvalue weighted by molar-refractivity contribution is 5.66. The maximum atomic E-state index is 13.4. The summed E-state index contributed by atoms with van der Waals surface area (Å²) in [4.78, 5) is 10.5. The van der Waals surface area contributed by atoms with Crippen LogP contribution in [0, 0.1) is 17.0 Å². The molecule has 20 heavy (non-hydrogen) atoms. The van der Waals surface area contributed by atoms with Gasteiger partial charge in [-0.15, -0.1) is 0 Å². The van der Waals surface area contributed by atoms with Crippen LogP contribution < -0.4 is 5.32 Å². The molecular weight excluding hydrogens is 264 g/mol. The lowest BCUT2D eigenvalue weighted by Gasteiger charge is -2.24. The second-order valence-electron chi connectivity index (χ2n) is 5.68. The average molecular weight is 285 g/mol. The van der Waals surface area contributed by atoms with Crippen LogP contribution in [0.15, 0.2) is 18.2 Å². The first kappa shape index (κ1) is 16.6. The van der Waals surface area contributed by atoms with Gasteiger partial charge in [0.05, 0.1) is 0 Å². The van der Waals surface area contributed by atoms with Crippen LogP contribution in [-0.4, -0.2) is 17.6 Å². The van der Waals surface area contributed by atoms with Crippen LogP contribution >= 0.6 is 0 Å². The van der Waals surface area contributed by atoms with E-state index in [0.717, 1.165) is 6.42 Å². The van der Waals surface area contributed by atoms with Crippen molar-refractivity contribution in [3.05, 3.63) is 35.4 Å². The molecule has 2 N–H and O–H groups in total. The Hall–Kier alpha value is -1.49. The first-order valence-electron chi connectivity index (χ1n) is 6.67. The van der Waals surface area contributed by atoms with Crippen molar-refractivity contribution < 1.29 is 18.7 Å². The van der Waals surface area contributed by atoms with Crippen molar-refractivity contribution in [2.24, 2.45) is 5.41 Å². The molecule has 0 heterocycles. The second-order valence-corrected chi connectivity index (χ2v) is 5.68. The molecule has 0 aliphatic heterocycles. The van der Waals surface area contributed by atoms with Crippen LogP contribution in [0.25, 0.3) is 0 Å². The third kappa shape index (κ3) is 5.65. The number of carbonyl (C=O) groups is 1. The van der Waals surface area contributed by atoms with E-state index in [1.807, 2.05) is 13.8 Å². The van der Waals surface area contributed by atoms with E-state index in [1.165, 1.54) is 18.2 Å². The molecule has 3 nitrogen and oxygen atoms in total. The average Bonchev–Trinajstić information content (AvgIpc) is 2.35. The first-order chi connectivity index (χ1) is 9.32. The van der Waals surface area contributed by atoms with Gasteiger partial charge >= 0.3 is 5.97 Å². The van der Waals surface area contributed by atoms with Crippen molar-refractivity contribution in [1.29, 1.82) is 0 Å². The van der Waals surface area contributed by atoms with E-state index < -0.39 is 17.6 Å². The van der Waals surface area contributed by atoms with Gasteiger partial charge in [0.15, 0.2) is 0 Å². The molecule has 0 atom stereocenters. The fourth-order valence-electron chi connectivity index (χ4n) is 1.91. The number of hydrogen-bond donors (Lipinski definition) is 2. The third-order valence-corrected chi connectivity index (χ3v) is 3.36. The number of benzene rings is 1. The van der Waals surface area contributed by atoms with Crippen molar-refractivity contribution in [3.63, 3.8) is 0 Å². The molecule has 0 spiro atoms. The van der Waals surface area contributed by atoms with Gasteiger partial charge in [0.2, 0.25) is 0 Å². The molecule has 0 aromatic heterocycles. The van der Waals surface area contributed by atoms with Crippen LogP contribution in [0.4, 0.5) is 8.78 Å². The summed E-state index contributed by atoms with van der Waals surface area (Å²) in [5.74, 6) is -1.91. The number of rotatable bonds is 8. The minimum Gasteiger partial charge on any atom is -0.481 e. The van der Waals surface area contributed by atoms with Crippen molar-refractivity contribution in [1.82, 2.24) is 5.32 Å². The molecule has 0 radical (unpaired) electrons. The number of halogens is 2. The summed E-state index contributed by atoms with van der Waals surface area (Å²) in [6.07, 6.45) is 1.46. The summed E-state index contributed by atoms with van der Waals surface area (Å²) in [6, 6.07) is 3.80. The Bertz CT molecular complexity index is 441. The fraction of sp³-hybridized carbons (Fsp3) is 0.533. The highest BCUT2D eigenvalue weighted by Gasteiger charge is 2.18. The summed E-state index contributed by atoms with van der Waals surface area (Å²) >= 11 is 0. The summed E-state index contributed by atoms with van der Waals surface area (Å²) in [5.41, 5.74) is -0.0741. The highest BCUT2D eigenvalue weighted by atomic mass is 19.1. The molecule has 1 aromatic rings. The molecule has 1 aromatic carbocycles. The third-order valence-electron chi connectivity index (χ3n) is 3.36. The molecule has 0 unspecified atom stereocenters. The zero-order valence-electron chi connectivity index (χ0n) is 11.9. The smallest absolute Gasteiger partial charge is 0.303 e. The predicted molar refractivity (Wildman–Crippen MR) is 73.3 cm³/mol. The maximum absolute atomic E-state index is 13.4. The van der Waals surface area contributed by atoms with Gasteiger partial charge in [0.1, 0.15) is 11.6 Å². The van der Waals surface area contributed by atoms with Crippen molar-refractivity contribution in [2.45, 2.75) is 39.7 Å². The minimum absolute atomic E-state index is 0.0378. The van der Waals surface area contributed by atoms with E-state index in [2.05, 4.69) is 5.32 Å². The summed E-state index contributed by atoms with van der Waals surface area (Å²) in [7, 11) is 0. The highest BCUT2D eigenvalue weighted by Crippen LogP contribution is 2.26. The van der Waals surface area contributed by atoms with Crippen LogP contribution in [0.5, 0.6) is 0 Å². The van der Waals surface area contributed by atoms with Gasteiger partial charge in [0, 0.05) is 18.5 Å². The molecule has 0 saturated carbocycles. The van der Waals surface area contributed by atoms with Gasteiger partial charge in [-0.25, -0.2) is 8.78 Å². The second kappa shape index (κ2) is 7.33. The largest absolute Gasteiger partial charge is 0.481 e. The topological polar surface area (TPSA) is 49.3 Å². The van der Waals surface area contributed by atoms with Crippen LogP contribution in [0.3, 0.4) is 0 Å². The van der Waals surface area contributed by atoms with Gasteiger partial charge in [-0.3, -0.25) is 4.79 Å². The molecule has 0 aliphatic rings. The monoisotopic (exact) mass is 285 g/mol. The van der Waals surface area contributed by atoms with Crippen molar-refractivity contribution in [3.8, 4) is 0 Å². The van der Waals surface area contributed by atoms with E-state index >= 15 is 0 Å². The lowest BCUT2D eigenvalue weighted by atomic mass is 9.84. The Morgan fingerprint density at radius 1 is 1.25 bits per heavy atom. The van der Waals surface area contributed by atoms with Crippen molar-refractivity contribution >= 4 is 5.97 Å². The molecule has 0 fully saturated rings. The van der Waals surface area contributed by atoms with E-state index in [1.54, 1.807) is 0 Å². The normalized spacial score (nSPS) is 11.6. The zero-order valence-corrected chi connectivity index (χ0v) is 11.9. The molecule has 0 aliphatic carbocycles. The van der Waals surface area contributed by atoms with Crippen LogP contribution in [0.2, 0.25) is 0 Å². The van der Waals surface area contributed by atoms with Crippen molar-refractivity contribution in [2.75, 3.05) is 6.54 Å². The number of carboxylic acids is 1. The zero-order chi connectivity index (χ0) is 15.2. The van der Waals surface area contributed by atoms with Gasteiger partial charge in [0.25, 0.3) is 0 Å². The Labute approximate surface area is 118 Å². The van der Waals surface area contributed by atoms with Gasteiger partial charge in [-0.05, 0) is 36.9 Å². The molecule has 5 heteroatoms. The minimum atomic E-state index is -0.806. The Balaban J connectivity index is 2.36. The first-order valence-corrected chi connectivity index (χ1v) is 6.67. The summed E-state index contributed by atoms with van der Waals surface area (Å²) in [6.45, 7) is 4.69. The maximum Gasteiger partial charge on any atom is 0.303 e. The predicted octanol–water partition coefficient (Wildman–Crippen LogP) is 3.34. The fourth-order valence-corrected chi connectivity index (χ4v) is 1.91. The van der Waals surface area contributed by atoms with E-state index in [-0.39, 0.29) is 23.9 Å². The number of carboxylic acid groups (broad SMARTS) is 1. The summed E-state index contributed by atoms with van der Waals surface area (Å²) in [5, 5.41) is 11.7. The van der Waals surface area contributed by atoms with E-state index in [4.69, 9.17) is 5.11 Å². The standard InChI is InChI=1S/C15H21F2NO2/c1-15(2,7-6-14(19)20)8-9-18-10-11-12(16)4-3-5-13(11)17/h3-5,18H,6-10H2,1-2H3,(H,19,20). The lowest BCUT2D eigenvalue weighted by Crippen LogP contribution is -2.23. The van der Waals surface area contributed by atoms with Gasteiger partial charge in [-0.2, -0.15) is 0 Å². The lowest BCUT2D eigenvalue weighted by molar-refractivity contribution is -0.137. The van der Waals surface area contributed by atoms with Crippen LogP contribution in [0.1, 0.15) is 38.7 Å². The Morgan fingerprint density at radius 3 is 2.40 bits per heavy atom. The van der Waals surface area contributed by atoms with Crippen LogP contribution in [-0.2, 0) is 11.3 Å². The molecular formula is C15H21F2NO2. The summed E-state index contributed by atoms with van der Waals surface area (Å²) < 4.78 is 26.8. The number of aliphatic carboxylic acids is 1. The Morgan fingerprint density at radius 2 is 1.85 bits per heavy atom. The number of nitrogens with one attached hydrogen (secondary N) is 1. The van der Waals surface area contributed by atoms with Gasteiger partial charge in [-0.1, -0.05) is 19.9 Å². The molecule has 0 amide bonds. The number of hydrogen-bond acceptors (Lipinski definition) is 2. The molecule has 0 saturated heterocycles. The molecule has 0 bridgehead atoms. The molecule has 112 valence electrons. The molecule has 1 rings (SSSR count). The SMILES string of the molecule is CC(C)(CCNCc1c(F)cccc1F)CCC(=O)O. The van der Waals surface area contributed by atoms with E-state index in [9.17, 15) is 13.6 Å².